The summed E-state index contributed by atoms with van der Waals surface area (Å²) in [6.07, 6.45) is 0. The van der Waals surface area contributed by atoms with Gasteiger partial charge in [-0.2, -0.15) is 10.5 Å². The van der Waals surface area contributed by atoms with Crippen molar-refractivity contribution in [2.45, 2.75) is 0 Å². The predicted molar refractivity (Wildman–Crippen MR) is 349 cm³/mol. The van der Waals surface area contributed by atoms with E-state index < -0.39 is 0 Å². The van der Waals surface area contributed by atoms with Crippen LogP contribution < -0.4 is 0 Å². The van der Waals surface area contributed by atoms with E-state index in [9.17, 15) is 10.5 Å². The molecule has 0 aliphatic rings. The SMILES string of the molecule is N#Cc1c(-n2c3ccccc3c3ccccc32)c(-n2c3ccccc3c3ccccc32)c(C#N)c(-n2c3cc(-c4ccccc4-c4cccc5ccccc45)ccc3c3ccc4c5ccccc5oc4c32)c1-n1c2ccccc2c2ccccc21. The van der Waals surface area contributed by atoms with Gasteiger partial charge in [-0.15, -0.1) is 0 Å². The van der Waals surface area contributed by atoms with Crippen molar-refractivity contribution in [2.75, 3.05) is 0 Å². The van der Waals surface area contributed by atoms with Crippen molar-refractivity contribution in [3.05, 3.63) is 278 Å². The molecule has 0 aliphatic carbocycles. The molecule has 13 aromatic carbocycles. The Morgan fingerprint density at radius 1 is 0.271 bits per heavy atom. The molecule has 0 spiro atoms. The molecule has 0 aliphatic heterocycles. The number of fused-ring (bicyclic) bond motifs is 17. The predicted octanol–water partition coefficient (Wildman–Crippen LogP) is 20.2. The average molecular weight is 1080 g/mol. The summed E-state index contributed by atoms with van der Waals surface area (Å²) >= 11 is 0. The Balaban J connectivity index is 1.12. The van der Waals surface area contributed by atoms with Crippen LogP contribution in [-0.4, -0.2) is 18.3 Å². The monoisotopic (exact) mass is 1080 g/mol. The van der Waals surface area contributed by atoms with Gasteiger partial charge in [-0.05, 0) is 87.6 Å². The van der Waals surface area contributed by atoms with Crippen LogP contribution in [0.4, 0.5) is 0 Å². The largest absolute Gasteiger partial charge is 0.454 e. The molecule has 7 heteroatoms. The summed E-state index contributed by atoms with van der Waals surface area (Å²) in [5, 5.41) is 38.3. The number of benzene rings is 13. The molecule has 0 bridgehead atoms. The number of rotatable bonds is 6. The summed E-state index contributed by atoms with van der Waals surface area (Å²) in [6, 6.07) is 99.6. The third-order valence-corrected chi connectivity index (χ3v) is 17.8. The molecular weight excluding hydrogens is 1040 g/mol. The fourth-order valence-electron chi connectivity index (χ4n) is 14.4. The van der Waals surface area contributed by atoms with Crippen molar-refractivity contribution in [3.8, 4) is 57.1 Å². The minimum Gasteiger partial charge on any atom is -0.454 e. The van der Waals surface area contributed by atoms with E-state index in [0.29, 0.717) is 39.5 Å². The van der Waals surface area contributed by atoms with Crippen LogP contribution in [0, 0.1) is 22.7 Å². The first-order valence-electron chi connectivity index (χ1n) is 28.6. The second-order valence-electron chi connectivity index (χ2n) is 22.1. The Hall–Kier alpha value is -11.9. The van der Waals surface area contributed by atoms with E-state index in [1.165, 1.54) is 10.8 Å². The summed E-state index contributed by atoms with van der Waals surface area (Å²) < 4.78 is 16.2. The van der Waals surface area contributed by atoms with Crippen LogP contribution in [0.2, 0.25) is 0 Å². The lowest BCUT2D eigenvalue weighted by Crippen LogP contribution is -2.16. The zero-order valence-corrected chi connectivity index (χ0v) is 45.5. The Kier molecular flexibility index (Phi) is 9.80. The highest BCUT2D eigenvalue weighted by Gasteiger charge is 2.35. The topological polar surface area (TPSA) is 80.4 Å². The van der Waals surface area contributed by atoms with Crippen molar-refractivity contribution < 1.29 is 4.42 Å². The minimum absolute atomic E-state index is 0.368. The van der Waals surface area contributed by atoms with E-state index >= 15 is 0 Å². The van der Waals surface area contributed by atoms with E-state index in [1.54, 1.807) is 0 Å². The highest BCUT2D eigenvalue weighted by Crippen LogP contribution is 2.51. The first-order chi connectivity index (χ1) is 42.2. The van der Waals surface area contributed by atoms with Gasteiger partial charge < -0.3 is 22.7 Å². The van der Waals surface area contributed by atoms with E-state index in [4.69, 9.17) is 4.42 Å². The minimum atomic E-state index is 0.368. The molecule has 0 unspecified atom stereocenters. The highest BCUT2D eigenvalue weighted by atomic mass is 16.3. The molecule has 0 saturated heterocycles. The Morgan fingerprint density at radius 2 is 0.635 bits per heavy atom. The molecular formula is C78H44N6O. The zero-order chi connectivity index (χ0) is 56.0. The normalized spacial score (nSPS) is 12.0. The molecule has 0 amide bonds. The summed E-state index contributed by atoms with van der Waals surface area (Å²) in [7, 11) is 0. The first-order valence-corrected chi connectivity index (χ1v) is 28.6. The Labute approximate surface area is 485 Å². The van der Waals surface area contributed by atoms with Gasteiger partial charge in [0, 0.05) is 53.9 Å². The number of aromatic nitrogens is 4. The molecule has 18 rings (SSSR count). The molecule has 18 aromatic rings. The molecule has 0 N–H and O–H groups in total. The molecule has 392 valence electrons. The quantitative estimate of drug-likeness (QED) is 0.166. The fraction of sp³-hybridized carbons (Fsp3) is 0. The maximum Gasteiger partial charge on any atom is 0.160 e. The number of hydrogen-bond acceptors (Lipinski definition) is 3. The smallest absolute Gasteiger partial charge is 0.160 e. The Morgan fingerprint density at radius 3 is 1.14 bits per heavy atom. The standard InChI is InChI=1S/C78H44N6O/c79-45-63-73(81-65-33-12-5-25-53(65)54-26-6-13-34-66(54)81)74(82-67-35-14-7-27-55(67)56-28-8-15-36-68(56)82)64(46-80)76(75(63)83-69-37-16-9-29-57(69)58-30-10-17-38-70(58)83)84-71-44-48(50-23-3-4-24-51(50)52-32-19-21-47-20-1-2-22-49(47)52)40-41-59(71)61-42-43-62-60-31-11-18-39-72(60)85-78(62)77(61)84/h1-44H. The third-order valence-electron chi connectivity index (χ3n) is 17.8. The lowest BCUT2D eigenvalue weighted by molar-refractivity contribution is 0.671. The van der Waals surface area contributed by atoms with Gasteiger partial charge in [-0.1, -0.05) is 212 Å². The van der Waals surface area contributed by atoms with Gasteiger partial charge in [-0.25, -0.2) is 0 Å². The second kappa shape index (κ2) is 17.8. The van der Waals surface area contributed by atoms with Crippen molar-refractivity contribution in [2.24, 2.45) is 0 Å². The number of nitrogens with zero attached hydrogens (tertiary/aromatic N) is 6. The molecule has 0 radical (unpaired) electrons. The van der Waals surface area contributed by atoms with E-state index in [2.05, 4.69) is 285 Å². The lowest BCUT2D eigenvalue weighted by Gasteiger charge is -2.27. The van der Waals surface area contributed by atoms with Crippen LogP contribution in [0.25, 0.3) is 165 Å². The Bertz CT molecular complexity index is 5860. The lowest BCUT2D eigenvalue weighted by atomic mass is 9.91. The van der Waals surface area contributed by atoms with Crippen LogP contribution in [0.5, 0.6) is 0 Å². The molecule has 7 nitrogen and oxygen atoms in total. The number of hydrogen-bond donors (Lipinski definition) is 0. The summed E-state index contributed by atoms with van der Waals surface area (Å²) in [4.78, 5) is 0. The first kappa shape index (κ1) is 46.8. The molecule has 5 aromatic heterocycles. The molecule has 5 heterocycles. The van der Waals surface area contributed by atoms with Gasteiger partial charge in [0.2, 0.25) is 0 Å². The second-order valence-corrected chi connectivity index (χ2v) is 22.1. The van der Waals surface area contributed by atoms with Gasteiger partial charge in [0.25, 0.3) is 0 Å². The van der Waals surface area contributed by atoms with E-state index in [1.807, 2.05) is 12.1 Å². The van der Waals surface area contributed by atoms with Crippen LogP contribution in [0.1, 0.15) is 11.1 Å². The zero-order valence-electron chi connectivity index (χ0n) is 45.5. The third kappa shape index (κ3) is 6.41. The number of furan rings is 1. The van der Waals surface area contributed by atoms with Crippen molar-refractivity contribution in [3.63, 3.8) is 0 Å². The summed E-state index contributed by atoms with van der Waals surface area (Å²) in [5.74, 6) is 0. The van der Waals surface area contributed by atoms with Gasteiger partial charge in [0.1, 0.15) is 28.8 Å². The van der Waals surface area contributed by atoms with Crippen molar-refractivity contribution >= 4 is 120 Å². The molecule has 0 atom stereocenters. The van der Waals surface area contributed by atoms with Gasteiger partial charge in [-0.3, -0.25) is 0 Å². The number of nitriles is 2. The maximum absolute atomic E-state index is 13.1. The van der Waals surface area contributed by atoms with Gasteiger partial charge in [0.15, 0.2) is 5.58 Å². The highest BCUT2D eigenvalue weighted by molar-refractivity contribution is 6.23. The summed E-state index contributed by atoms with van der Waals surface area (Å²) in [6.45, 7) is 0. The van der Waals surface area contributed by atoms with Crippen LogP contribution in [-0.2, 0) is 0 Å². The fourth-order valence-corrected chi connectivity index (χ4v) is 14.4. The average Bonchev–Trinajstić information content (AvgIpc) is 2.23. The molecule has 0 saturated carbocycles. The van der Waals surface area contributed by atoms with Gasteiger partial charge in [0.05, 0.1) is 66.9 Å². The van der Waals surface area contributed by atoms with Crippen LogP contribution in [0.3, 0.4) is 0 Å². The van der Waals surface area contributed by atoms with E-state index in [-0.39, 0.29) is 0 Å². The molecule has 0 fully saturated rings. The van der Waals surface area contributed by atoms with Crippen LogP contribution >= 0.6 is 0 Å². The molecule has 85 heavy (non-hydrogen) atoms. The summed E-state index contributed by atoms with van der Waals surface area (Å²) in [5.41, 5.74) is 15.7. The van der Waals surface area contributed by atoms with E-state index in [0.717, 1.165) is 126 Å². The van der Waals surface area contributed by atoms with Crippen molar-refractivity contribution in [1.29, 1.82) is 10.5 Å². The van der Waals surface area contributed by atoms with Crippen molar-refractivity contribution in [1.82, 2.24) is 18.3 Å². The van der Waals surface area contributed by atoms with Crippen LogP contribution in [0.15, 0.2) is 271 Å². The number of para-hydroxylation sites is 7. The maximum atomic E-state index is 13.1. The van der Waals surface area contributed by atoms with Gasteiger partial charge >= 0.3 is 0 Å².